The van der Waals surface area contributed by atoms with Crippen molar-refractivity contribution in [1.29, 1.82) is 0 Å². The molecular formula is C10H16N4O2. The van der Waals surface area contributed by atoms with Crippen LogP contribution in [0.3, 0.4) is 0 Å². The number of fused-ring (bicyclic) bond motifs is 1. The SMILES string of the molecule is CC(C)(C)OC(=O)Nc1nc2n(n1)CCC2. The molecule has 0 saturated heterocycles. The van der Waals surface area contributed by atoms with Crippen molar-refractivity contribution < 1.29 is 9.53 Å². The van der Waals surface area contributed by atoms with Crippen LogP contribution in [0.25, 0.3) is 0 Å². The highest BCUT2D eigenvalue weighted by Crippen LogP contribution is 2.14. The van der Waals surface area contributed by atoms with Crippen molar-refractivity contribution >= 4 is 12.0 Å². The van der Waals surface area contributed by atoms with E-state index in [0.717, 1.165) is 25.2 Å². The lowest BCUT2D eigenvalue weighted by atomic mass is 10.2. The van der Waals surface area contributed by atoms with E-state index in [1.54, 1.807) is 0 Å². The average molecular weight is 224 g/mol. The Labute approximate surface area is 94.0 Å². The second-order valence-electron chi connectivity index (χ2n) is 4.81. The van der Waals surface area contributed by atoms with Crippen LogP contribution in [0.5, 0.6) is 0 Å². The first-order valence-electron chi connectivity index (χ1n) is 5.38. The standard InChI is InChI=1S/C10H16N4O2/c1-10(2,3)16-9(15)12-8-11-7-5-4-6-14(7)13-8/h4-6H2,1-3H3,(H,12,13,15). The van der Waals surface area contributed by atoms with Crippen LogP contribution in [0.4, 0.5) is 10.7 Å². The number of nitrogens with one attached hydrogen (secondary N) is 1. The predicted octanol–water partition coefficient (Wildman–Crippen LogP) is 1.57. The summed E-state index contributed by atoms with van der Waals surface area (Å²) in [5, 5.41) is 6.68. The maximum absolute atomic E-state index is 11.4. The maximum atomic E-state index is 11.4. The highest BCUT2D eigenvalue weighted by Gasteiger charge is 2.20. The van der Waals surface area contributed by atoms with E-state index in [-0.39, 0.29) is 0 Å². The third-order valence-electron chi connectivity index (χ3n) is 2.13. The summed E-state index contributed by atoms with van der Waals surface area (Å²) in [4.78, 5) is 15.6. The van der Waals surface area contributed by atoms with Crippen LogP contribution in [0.1, 0.15) is 33.0 Å². The normalized spacial score (nSPS) is 14.7. The molecule has 0 aliphatic carbocycles. The number of hydrogen-bond donors (Lipinski definition) is 1. The van der Waals surface area contributed by atoms with Gasteiger partial charge in [-0.15, -0.1) is 5.10 Å². The molecule has 0 spiro atoms. The van der Waals surface area contributed by atoms with Crippen molar-refractivity contribution in [2.24, 2.45) is 0 Å². The molecule has 6 heteroatoms. The summed E-state index contributed by atoms with van der Waals surface area (Å²) in [6.07, 6.45) is 1.47. The van der Waals surface area contributed by atoms with Gasteiger partial charge in [-0.3, -0.25) is 5.32 Å². The smallest absolute Gasteiger partial charge is 0.414 e. The molecule has 0 bridgehead atoms. The third-order valence-corrected chi connectivity index (χ3v) is 2.13. The van der Waals surface area contributed by atoms with Gasteiger partial charge in [-0.25, -0.2) is 9.48 Å². The molecule has 6 nitrogen and oxygen atoms in total. The van der Waals surface area contributed by atoms with E-state index in [1.165, 1.54) is 0 Å². The Morgan fingerprint density at radius 2 is 2.25 bits per heavy atom. The molecule has 0 aromatic carbocycles. The van der Waals surface area contributed by atoms with Gasteiger partial charge in [-0.1, -0.05) is 0 Å². The number of rotatable bonds is 1. The molecule has 0 unspecified atom stereocenters. The van der Waals surface area contributed by atoms with Crippen molar-refractivity contribution in [3.8, 4) is 0 Å². The number of amides is 1. The Morgan fingerprint density at radius 1 is 1.50 bits per heavy atom. The summed E-state index contributed by atoms with van der Waals surface area (Å²) >= 11 is 0. The minimum Gasteiger partial charge on any atom is -0.444 e. The molecule has 2 heterocycles. The van der Waals surface area contributed by atoms with Gasteiger partial charge in [0, 0.05) is 13.0 Å². The van der Waals surface area contributed by atoms with E-state index in [4.69, 9.17) is 4.74 Å². The molecule has 1 aromatic heterocycles. The minimum atomic E-state index is -0.517. The Hall–Kier alpha value is -1.59. The molecule has 1 amide bonds. The quantitative estimate of drug-likeness (QED) is 0.786. The number of ether oxygens (including phenoxy) is 1. The van der Waals surface area contributed by atoms with Gasteiger partial charge in [0.25, 0.3) is 5.95 Å². The summed E-state index contributed by atoms with van der Waals surface area (Å²) in [7, 11) is 0. The molecule has 1 aliphatic heterocycles. The second-order valence-corrected chi connectivity index (χ2v) is 4.81. The molecule has 1 aromatic rings. The van der Waals surface area contributed by atoms with E-state index in [0.29, 0.717) is 5.95 Å². The fraction of sp³-hybridized carbons (Fsp3) is 0.700. The summed E-state index contributed by atoms with van der Waals surface area (Å²) in [5.74, 6) is 1.25. The number of anilines is 1. The Morgan fingerprint density at radius 3 is 2.88 bits per heavy atom. The lowest BCUT2D eigenvalue weighted by Gasteiger charge is -2.18. The number of carbonyl (C=O) groups is 1. The third kappa shape index (κ3) is 2.50. The first-order valence-corrected chi connectivity index (χ1v) is 5.38. The summed E-state index contributed by atoms with van der Waals surface area (Å²) in [5.41, 5.74) is -0.507. The van der Waals surface area contributed by atoms with Crippen LogP contribution in [0, 0.1) is 0 Å². The summed E-state index contributed by atoms with van der Waals surface area (Å²) < 4.78 is 6.92. The average Bonchev–Trinajstić information content (AvgIpc) is 2.58. The van der Waals surface area contributed by atoms with E-state index in [9.17, 15) is 4.79 Å². The molecule has 0 saturated carbocycles. The van der Waals surface area contributed by atoms with Crippen molar-refractivity contribution in [2.45, 2.75) is 45.8 Å². The van der Waals surface area contributed by atoms with E-state index in [2.05, 4.69) is 15.4 Å². The largest absolute Gasteiger partial charge is 0.444 e. The van der Waals surface area contributed by atoms with Gasteiger partial charge in [0.1, 0.15) is 11.4 Å². The van der Waals surface area contributed by atoms with Gasteiger partial charge in [-0.2, -0.15) is 4.98 Å². The minimum absolute atomic E-state index is 0.323. The van der Waals surface area contributed by atoms with Gasteiger partial charge >= 0.3 is 6.09 Å². The highest BCUT2D eigenvalue weighted by atomic mass is 16.6. The molecule has 0 atom stereocenters. The first-order chi connectivity index (χ1) is 7.44. The molecular weight excluding hydrogens is 208 g/mol. The van der Waals surface area contributed by atoms with Crippen LogP contribution >= 0.6 is 0 Å². The van der Waals surface area contributed by atoms with Crippen molar-refractivity contribution in [1.82, 2.24) is 14.8 Å². The van der Waals surface area contributed by atoms with Crippen molar-refractivity contribution in [3.63, 3.8) is 0 Å². The lowest BCUT2D eigenvalue weighted by molar-refractivity contribution is 0.0634. The summed E-state index contributed by atoms with van der Waals surface area (Å²) in [6, 6.07) is 0. The van der Waals surface area contributed by atoms with Gasteiger partial charge in [0.2, 0.25) is 0 Å². The topological polar surface area (TPSA) is 69.0 Å². The Balaban J connectivity index is 1.96. The Bertz CT molecular complexity index is 384. The molecule has 2 rings (SSSR count). The van der Waals surface area contributed by atoms with Crippen molar-refractivity contribution in [2.75, 3.05) is 5.32 Å². The number of nitrogens with zero attached hydrogens (tertiary/aromatic N) is 3. The summed E-state index contributed by atoms with van der Waals surface area (Å²) in [6.45, 7) is 6.31. The maximum Gasteiger partial charge on any atom is 0.414 e. The molecule has 0 fully saturated rings. The van der Waals surface area contributed by atoms with E-state index < -0.39 is 11.7 Å². The molecule has 0 radical (unpaired) electrons. The Kier molecular flexibility index (Phi) is 2.57. The first kappa shape index (κ1) is 10.9. The zero-order chi connectivity index (χ0) is 11.8. The molecule has 1 N–H and O–H groups in total. The zero-order valence-corrected chi connectivity index (χ0v) is 9.78. The lowest BCUT2D eigenvalue weighted by Crippen LogP contribution is -2.27. The predicted molar refractivity (Wildman–Crippen MR) is 58.2 cm³/mol. The number of hydrogen-bond acceptors (Lipinski definition) is 4. The number of carbonyl (C=O) groups excluding carboxylic acids is 1. The number of aromatic nitrogens is 3. The van der Waals surface area contributed by atoms with Gasteiger partial charge in [0.05, 0.1) is 0 Å². The van der Waals surface area contributed by atoms with Crippen LogP contribution < -0.4 is 5.32 Å². The highest BCUT2D eigenvalue weighted by molar-refractivity contribution is 5.82. The fourth-order valence-corrected chi connectivity index (χ4v) is 1.57. The van der Waals surface area contributed by atoms with Gasteiger partial charge in [0.15, 0.2) is 0 Å². The van der Waals surface area contributed by atoms with Gasteiger partial charge in [-0.05, 0) is 27.2 Å². The second kappa shape index (κ2) is 3.77. The molecule has 88 valence electrons. The van der Waals surface area contributed by atoms with Crippen LogP contribution in [0.15, 0.2) is 0 Å². The monoisotopic (exact) mass is 224 g/mol. The zero-order valence-electron chi connectivity index (χ0n) is 9.78. The van der Waals surface area contributed by atoms with E-state index in [1.807, 2.05) is 25.5 Å². The van der Waals surface area contributed by atoms with Crippen LogP contribution in [-0.4, -0.2) is 26.5 Å². The van der Waals surface area contributed by atoms with Crippen LogP contribution in [-0.2, 0) is 17.7 Å². The van der Waals surface area contributed by atoms with Gasteiger partial charge < -0.3 is 4.74 Å². The van der Waals surface area contributed by atoms with Crippen LogP contribution in [0.2, 0.25) is 0 Å². The fourth-order valence-electron chi connectivity index (χ4n) is 1.57. The molecule has 1 aliphatic rings. The van der Waals surface area contributed by atoms with E-state index >= 15 is 0 Å². The van der Waals surface area contributed by atoms with Crippen molar-refractivity contribution in [3.05, 3.63) is 5.82 Å². The molecule has 16 heavy (non-hydrogen) atoms. The number of aryl methyl sites for hydroxylation is 2.